The normalized spacial score (nSPS) is 10.8. The summed E-state index contributed by atoms with van der Waals surface area (Å²) in [5.74, 6) is -1.42. The maximum Gasteiger partial charge on any atom is 1.00 e. The number of carboxylic acid groups (broad SMARTS) is 1. The van der Waals surface area contributed by atoms with E-state index in [1.54, 1.807) is 0 Å². The molecule has 0 aliphatic rings. The summed E-state index contributed by atoms with van der Waals surface area (Å²) >= 11 is 0. The van der Waals surface area contributed by atoms with E-state index >= 15 is 0 Å². The number of halogens is 3. The van der Waals surface area contributed by atoms with Gasteiger partial charge in [-0.15, -0.1) is 5.46 Å². The van der Waals surface area contributed by atoms with E-state index in [2.05, 4.69) is 0 Å². The average Bonchev–Trinajstić information content (AvgIpc) is 2.06. The second-order valence-electron chi connectivity index (χ2n) is 3.16. The van der Waals surface area contributed by atoms with Gasteiger partial charge < -0.3 is 23.8 Å². The number of anilines is 1. The molecule has 3 N–H and O–H groups in total. The standard InChI is InChI=1S/C8H8BF3NO2.K/c1-4-6(8(14)15)2-5(3-7(4)13)9(10,11)12;/h2-3H,13H2,1H3,(H,14,15);/q-1;+1. The third-order valence-corrected chi connectivity index (χ3v) is 2.08. The van der Waals surface area contributed by atoms with Crippen molar-refractivity contribution in [1.29, 1.82) is 0 Å². The minimum absolute atomic E-state index is 0. The van der Waals surface area contributed by atoms with Gasteiger partial charge in [-0.3, -0.25) is 0 Å². The van der Waals surface area contributed by atoms with Gasteiger partial charge in [0.2, 0.25) is 0 Å². The van der Waals surface area contributed by atoms with Crippen molar-refractivity contribution in [1.82, 2.24) is 0 Å². The predicted molar refractivity (Wildman–Crippen MR) is 51.3 cm³/mol. The zero-order chi connectivity index (χ0) is 11.8. The zero-order valence-corrected chi connectivity index (χ0v) is 11.9. The Morgan fingerprint density at radius 3 is 2.25 bits per heavy atom. The first-order valence-corrected chi connectivity index (χ1v) is 4.06. The van der Waals surface area contributed by atoms with E-state index < -0.39 is 24.0 Å². The molecule has 0 radical (unpaired) electrons. The summed E-state index contributed by atoms with van der Waals surface area (Å²) < 4.78 is 37.1. The minimum atomic E-state index is -5.23. The molecule has 0 amide bonds. The molecule has 0 unspecified atom stereocenters. The number of hydrogen-bond donors (Lipinski definition) is 2. The van der Waals surface area contributed by atoms with Gasteiger partial charge in [0.25, 0.3) is 0 Å². The fourth-order valence-corrected chi connectivity index (χ4v) is 1.17. The van der Waals surface area contributed by atoms with E-state index in [0.717, 1.165) is 6.07 Å². The summed E-state index contributed by atoms with van der Waals surface area (Å²) in [5.41, 5.74) is 3.88. The van der Waals surface area contributed by atoms with Gasteiger partial charge in [-0.2, -0.15) is 0 Å². The van der Waals surface area contributed by atoms with Gasteiger partial charge in [-0.1, -0.05) is 12.1 Å². The first kappa shape index (κ1) is 16.0. The van der Waals surface area contributed by atoms with Crippen LogP contribution in [0.2, 0.25) is 0 Å². The summed E-state index contributed by atoms with van der Waals surface area (Å²) in [6, 6.07) is 1.36. The van der Waals surface area contributed by atoms with Crippen LogP contribution in [0.1, 0.15) is 15.9 Å². The monoisotopic (exact) mass is 257 g/mol. The van der Waals surface area contributed by atoms with Crippen LogP contribution in [-0.4, -0.2) is 18.1 Å². The number of carbonyl (C=O) groups is 1. The van der Waals surface area contributed by atoms with Gasteiger partial charge in [0, 0.05) is 5.69 Å². The number of rotatable bonds is 2. The molecule has 0 aromatic heterocycles. The Balaban J connectivity index is 0.00000225. The van der Waals surface area contributed by atoms with Crippen LogP contribution < -0.4 is 62.6 Å². The van der Waals surface area contributed by atoms with Gasteiger partial charge in [0.05, 0.1) is 5.56 Å². The molecular weight excluding hydrogens is 249 g/mol. The van der Waals surface area contributed by atoms with E-state index in [1.165, 1.54) is 6.92 Å². The van der Waals surface area contributed by atoms with Crippen molar-refractivity contribution < 1.29 is 74.2 Å². The van der Waals surface area contributed by atoms with Crippen LogP contribution in [0.3, 0.4) is 0 Å². The zero-order valence-electron chi connectivity index (χ0n) is 8.80. The molecule has 0 spiro atoms. The molecule has 0 aliphatic carbocycles. The quantitative estimate of drug-likeness (QED) is 0.492. The SMILES string of the molecule is Cc1c(N)cc([B-](F)(F)F)cc1C(=O)O.[K+]. The van der Waals surface area contributed by atoms with Crippen molar-refractivity contribution in [2.24, 2.45) is 0 Å². The summed E-state index contributed by atoms with van der Waals surface area (Å²) in [6.07, 6.45) is 0. The number of benzene rings is 1. The second kappa shape index (κ2) is 5.54. The molecule has 1 rings (SSSR count). The van der Waals surface area contributed by atoms with Crippen molar-refractivity contribution in [2.75, 3.05) is 5.73 Å². The number of nitrogens with two attached hydrogens (primary N) is 1. The Morgan fingerprint density at radius 2 is 1.88 bits per heavy atom. The summed E-state index contributed by atoms with van der Waals surface area (Å²) in [5, 5.41) is 8.66. The van der Waals surface area contributed by atoms with Gasteiger partial charge in [0.1, 0.15) is 0 Å². The number of aromatic carboxylic acids is 1. The molecule has 0 saturated carbocycles. The molecule has 3 nitrogen and oxygen atoms in total. The van der Waals surface area contributed by atoms with Crippen molar-refractivity contribution in [3.63, 3.8) is 0 Å². The average molecular weight is 257 g/mol. The molecule has 0 bridgehead atoms. The molecular formula is C8H8BF3KNO2. The molecule has 1 aromatic carbocycles. The molecule has 0 atom stereocenters. The van der Waals surface area contributed by atoms with Crippen LogP contribution in [0.5, 0.6) is 0 Å². The Hall–Kier alpha value is -0.0187. The third-order valence-electron chi connectivity index (χ3n) is 2.08. The van der Waals surface area contributed by atoms with E-state index in [0.29, 0.717) is 6.07 Å². The van der Waals surface area contributed by atoms with Crippen molar-refractivity contribution in [3.8, 4) is 0 Å². The van der Waals surface area contributed by atoms with E-state index in [1.807, 2.05) is 0 Å². The Labute approximate surface area is 133 Å². The molecule has 0 heterocycles. The van der Waals surface area contributed by atoms with E-state index in [-0.39, 0.29) is 62.6 Å². The van der Waals surface area contributed by atoms with E-state index in [9.17, 15) is 17.7 Å². The fourth-order valence-electron chi connectivity index (χ4n) is 1.17. The van der Waals surface area contributed by atoms with E-state index in [4.69, 9.17) is 10.8 Å². The number of carboxylic acids is 1. The smallest absolute Gasteiger partial charge is 0.478 e. The van der Waals surface area contributed by atoms with Crippen molar-refractivity contribution >= 4 is 24.1 Å². The molecule has 16 heavy (non-hydrogen) atoms. The number of hydrogen-bond acceptors (Lipinski definition) is 2. The summed E-state index contributed by atoms with van der Waals surface area (Å²) in [7, 11) is 0. The van der Waals surface area contributed by atoms with Crippen LogP contribution in [0.25, 0.3) is 0 Å². The van der Waals surface area contributed by atoms with Gasteiger partial charge in [-0.25, -0.2) is 4.79 Å². The summed E-state index contributed by atoms with van der Waals surface area (Å²) in [4.78, 5) is 10.6. The first-order valence-electron chi connectivity index (χ1n) is 4.06. The molecule has 1 aromatic rings. The summed E-state index contributed by atoms with van der Waals surface area (Å²) in [6.45, 7) is -3.86. The second-order valence-corrected chi connectivity index (χ2v) is 3.16. The largest absolute Gasteiger partial charge is 1.00 e. The Kier molecular flexibility index (Phi) is 5.54. The molecule has 0 fully saturated rings. The Morgan fingerprint density at radius 1 is 1.38 bits per heavy atom. The van der Waals surface area contributed by atoms with Crippen LogP contribution >= 0.6 is 0 Å². The van der Waals surface area contributed by atoms with Crippen molar-refractivity contribution in [2.45, 2.75) is 6.92 Å². The maximum atomic E-state index is 12.4. The Bertz CT molecular complexity index is 422. The first-order chi connectivity index (χ1) is 6.73. The predicted octanol–water partition coefficient (Wildman–Crippen LogP) is -1.67. The molecule has 0 aliphatic heterocycles. The van der Waals surface area contributed by atoms with Crippen LogP contribution in [0.4, 0.5) is 18.6 Å². The van der Waals surface area contributed by atoms with Gasteiger partial charge in [-0.05, 0) is 12.5 Å². The van der Waals surface area contributed by atoms with Crippen LogP contribution in [0, 0.1) is 6.92 Å². The minimum Gasteiger partial charge on any atom is -0.478 e. The van der Waals surface area contributed by atoms with Crippen LogP contribution in [0.15, 0.2) is 12.1 Å². The van der Waals surface area contributed by atoms with Crippen molar-refractivity contribution in [3.05, 3.63) is 23.3 Å². The van der Waals surface area contributed by atoms with Gasteiger partial charge in [0.15, 0.2) is 0 Å². The maximum absolute atomic E-state index is 12.4. The van der Waals surface area contributed by atoms with Crippen LogP contribution in [-0.2, 0) is 0 Å². The number of nitrogen functional groups attached to an aromatic ring is 1. The fraction of sp³-hybridized carbons (Fsp3) is 0.125. The topological polar surface area (TPSA) is 63.3 Å². The molecule has 8 heteroatoms. The molecule has 82 valence electrons. The van der Waals surface area contributed by atoms with Gasteiger partial charge >= 0.3 is 64.3 Å². The third kappa shape index (κ3) is 3.49. The molecule has 0 saturated heterocycles.